The Kier molecular flexibility index (Phi) is 13.2. The van der Waals surface area contributed by atoms with Crippen LogP contribution in [0.25, 0.3) is 10.9 Å². The molecule has 2 unspecified atom stereocenters. The summed E-state index contributed by atoms with van der Waals surface area (Å²) in [6.45, 7) is 5.89. The number of aliphatic hydroxyl groups is 1. The summed E-state index contributed by atoms with van der Waals surface area (Å²) in [4.78, 5) is 50.6. The molecule has 0 spiro atoms. The van der Waals surface area contributed by atoms with Gasteiger partial charge in [-0.05, 0) is 69.8 Å². The molecule has 4 aromatic rings. The quantitative estimate of drug-likeness (QED) is 0.114. The number of pyridine rings is 2. The molecule has 2 atom stereocenters. The SMILES string of the molecule is CC.COc1cc2c(Oc3ccc(NC(=O)C4(C(=O)Nc5ccccc5)CC4)nc3)ccnc2cc1OCC(O)CN1CCC(OC(=O)CN(C)C)C1. The van der Waals surface area contributed by atoms with Gasteiger partial charge < -0.3 is 34.7 Å². The Bertz CT molecular complexity index is 1850. The Hall–Kier alpha value is -5.31. The summed E-state index contributed by atoms with van der Waals surface area (Å²) in [5, 5.41) is 17.0. The van der Waals surface area contributed by atoms with Crippen molar-refractivity contribution >= 4 is 40.2 Å². The Morgan fingerprint density at radius 2 is 1.74 bits per heavy atom. The van der Waals surface area contributed by atoms with Crippen LogP contribution in [0.3, 0.4) is 0 Å². The molecule has 0 bridgehead atoms. The zero-order valence-electron chi connectivity index (χ0n) is 30.8. The van der Waals surface area contributed by atoms with Gasteiger partial charge in [0.1, 0.15) is 41.5 Å². The number of carbonyl (C=O) groups excluding carboxylic acids is 3. The number of hydrogen-bond acceptors (Lipinski definition) is 12. The predicted molar refractivity (Wildman–Crippen MR) is 200 cm³/mol. The van der Waals surface area contributed by atoms with E-state index in [2.05, 4.69) is 25.5 Å². The lowest BCUT2D eigenvalue weighted by atomic mass is 10.1. The molecule has 1 aliphatic heterocycles. The number of nitrogens with one attached hydrogen (secondary N) is 2. The lowest BCUT2D eigenvalue weighted by Crippen LogP contribution is -2.35. The van der Waals surface area contributed by atoms with Gasteiger partial charge in [0.2, 0.25) is 11.8 Å². The zero-order valence-corrected chi connectivity index (χ0v) is 30.8. The van der Waals surface area contributed by atoms with Crippen molar-refractivity contribution in [2.75, 3.05) is 64.6 Å². The van der Waals surface area contributed by atoms with Gasteiger partial charge in [0.15, 0.2) is 11.5 Å². The van der Waals surface area contributed by atoms with Gasteiger partial charge >= 0.3 is 5.97 Å². The number of likely N-dealkylation sites (N-methyl/N-ethyl adjacent to an activating group) is 1. The van der Waals surface area contributed by atoms with Crippen LogP contribution >= 0.6 is 0 Å². The fourth-order valence-electron chi connectivity index (χ4n) is 5.90. The van der Waals surface area contributed by atoms with Gasteiger partial charge in [-0.15, -0.1) is 0 Å². The van der Waals surface area contributed by atoms with Gasteiger partial charge in [0, 0.05) is 43.0 Å². The van der Waals surface area contributed by atoms with Crippen molar-refractivity contribution in [3.05, 3.63) is 73.1 Å². The minimum Gasteiger partial charge on any atom is -0.493 e. The number of anilines is 2. The molecule has 0 radical (unpaired) electrons. The van der Waals surface area contributed by atoms with Crippen molar-refractivity contribution < 1.29 is 38.4 Å². The van der Waals surface area contributed by atoms with Crippen molar-refractivity contribution in [2.24, 2.45) is 5.41 Å². The number of nitrogens with zero attached hydrogens (tertiary/aromatic N) is 4. The Morgan fingerprint density at radius 1 is 0.981 bits per heavy atom. The van der Waals surface area contributed by atoms with Crippen molar-refractivity contribution in [3.63, 3.8) is 0 Å². The minimum absolute atomic E-state index is 0.0208. The van der Waals surface area contributed by atoms with E-state index in [1.807, 2.05) is 46.1 Å². The van der Waals surface area contributed by atoms with Crippen LogP contribution in [-0.2, 0) is 19.1 Å². The largest absolute Gasteiger partial charge is 0.493 e. The number of hydrogen-bond donors (Lipinski definition) is 3. The maximum Gasteiger partial charge on any atom is 0.320 e. The fraction of sp³-hybridized carbons (Fsp3) is 0.410. The number of β-amino-alcohol motifs (C(OH)–C–C–N with tert-alkyl or cyclic N) is 1. The van der Waals surface area contributed by atoms with Gasteiger partial charge in [-0.25, -0.2) is 4.98 Å². The highest BCUT2D eigenvalue weighted by molar-refractivity contribution is 6.16. The first-order valence-electron chi connectivity index (χ1n) is 17.8. The van der Waals surface area contributed by atoms with E-state index in [-0.39, 0.29) is 31.1 Å². The zero-order chi connectivity index (χ0) is 38.0. The first-order chi connectivity index (χ1) is 25.6. The third-order valence-corrected chi connectivity index (χ3v) is 8.72. The highest BCUT2D eigenvalue weighted by Gasteiger charge is 2.56. The van der Waals surface area contributed by atoms with E-state index in [1.165, 1.54) is 13.3 Å². The molecule has 2 aromatic heterocycles. The molecular formula is C39H48N6O8. The van der Waals surface area contributed by atoms with Crippen LogP contribution in [-0.4, -0.2) is 109 Å². The molecule has 2 fully saturated rings. The molecule has 282 valence electrons. The van der Waals surface area contributed by atoms with Gasteiger partial charge in [-0.3, -0.25) is 29.2 Å². The van der Waals surface area contributed by atoms with Crippen molar-refractivity contribution in [2.45, 2.75) is 45.3 Å². The van der Waals surface area contributed by atoms with E-state index in [4.69, 9.17) is 18.9 Å². The van der Waals surface area contributed by atoms with Crippen LogP contribution in [0.4, 0.5) is 11.5 Å². The summed E-state index contributed by atoms with van der Waals surface area (Å²) in [5.74, 6) is 1.05. The summed E-state index contributed by atoms with van der Waals surface area (Å²) in [7, 11) is 5.16. The number of ether oxygens (including phenoxy) is 4. The summed E-state index contributed by atoms with van der Waals surface area (Å²) in [6.07, 6.45) is 3.75. The summed E-state index contributed by atoms with van der Waals surface area (Å²) in [6, 6.07) is 17.5. The number of aromatic nitrogens is 2. The smallest absolute Gasteiger partial charge is 0.320 e. The van der Waals surface area contributed by atoms with Crippen LogP contribution in [0.1, 0.15) is 33.1 Å². The van der Waals surface area contributed by atoms with Crippen molar-refractivity contribution in [1.82, 2.24) is 19.8 Å². The first kappa shape index (κ1) is 38.9. The summed E-state index contributed by atoms with van der Waals surface area (Å²) in [5.41, 5.74) is 0.0963. The van der Waals surface area contributed by atoms with Gasteiger partial charge in [-0.2, -0.15) is 0 Å². The molecule has 2 aliphatic rings. The molecule has 3 heterocycles. The second kappa shape index (κ2) is 17.9. The van der Waals surface area contributed by atoms with E-state index >= 15 is 0 Å². The van der Waals surface area contributed by atoms with E-state index in [0.29, 0.717) is 84.3 Å². The van der Waals surface area contributed by atoms with Gasteiger partial charge in [0.05, 0.1) is 25.4 Å². The second-order valence-corrected chi connectivity index (χ2v) is 13.0. The predicted octanol–water partition coefficient (Wildman–Crippen LogP) is 4.73. The molecule has 2 aromatic carbocycles. The molecule has 3 N–H and O–H groups in total. The fourth-order valence-corrected chi connectivity index (χ4v) is 5.90. The first-order valence-corrected chi connectivity index (χ1v) is 17.8. The van der Waals surface area contributed by atoms with E-state index < -0.39 is 17.4 Å². The number of likely N-dealkylation sites (tertiary alicyclic amines) is 1. The van der Waals surface area contributed by atoms with Crippen LogP contribution in [0, 0.1) is 5.41 Å². The maximum atomic E-state index is 13.1. The number of para-hydroxylation sites is 1. The molecule has 1 aliphatic carbocycles. The highest BCUT2D eigenvalue weighted by atomic mass is 16.5. The second-order valence-electron chi connectivity index (χ2n) is 13.0. The van der Waals surface area contributed by atoms with E-state index in [9.17, 15) is 19.5 Å². The van der Waals surface area contributed by atoms with Gasteiger partial charge in [0.25, 0.3) is 0 Å². The number of aliphatic hydroxyl groups excluding tert-OH is 1. The third kappa shape index (κ3) is 10.2. The maximum absolute atomic E-state index is 13.1. The molecular weight excluding hydrogens is 680 g/mol. The number of benzene rings is 2. The number of amides is 2. The van der Waals surface area contributed by atoms with Crippen LogP contribution in [0.15, 0.2) is 73.1 Å². The average molecular weight is 729 g/mol. The monoisotopic (exact) mass is 728 g/mol. The molecule has 2 amide bonds. The van der Waals surface area contributed by atoms with Crippen LogP contribution in [0.5, 0.6) is 23.0 Å². The lowest BCUT2D eigenvalue weighted by Gasteiger charge is -2.21. The number of rotatable bonds is 15. The number of carbonyl (C=O) groups is 3. The molecule has 1 saturated carbocycles. The van der Waals surface area contributed by atoms with Gasteiger partial charge in [-0.1, -0.05) is 32.0 Å². The topological polar surface area (TPSA) is 165 Å². The molecule has 6 rings (SSSR count). The number of methoxy groups -OCH3 is 1. The summed E-state index contributed by atoms with van der Waals surface area (Å²) >= 11 is 0. The van der Waals surface area contributed by atoms with E-state index in [1.54, 1.807) is 53.6 Å². The Morgan fingerprint density at radius 3 is 2.42 bits per heavy atom. The molecule has 1 saturated heterocycles. The van der Waals surface area contributed by atoms with Crippen LogP contribution < -0.4 is 24.8 Å². The normalized spacial score (nSPS) is 16.5. The number of esters is 1. The average Bonchev–Trinajstić information content (AvgIpc) is 3.87. The molecule has 53 heavy (non-hydrogen) atoms. The Labute approximate surface area is 309 Å². The number of fused-ring (bicyclic) bond motifs is 1. The minimum atomic E-state index is -1.12. The standard InChI is InChI=1S/C37H42N6O8.C2H6/c1-42(2)22-34(45)51-27-12-16-43(21-27)20-25(44)23-49-32-18-29-28(17-31(32)48-3)30(11-15-38-29)50-26-9-10-33(39-19-26)41-36(47)37(13-14-37)35(46)40-24-7-5-4-6-8-24;1-2/h4-11,15,17-19,25,27,44H,12-14,16,20-23H2,1-3H3,(H,40,46)(H,39,41,47);1-2H3. The Balaban J connectivity index is 0.00000266. The molecule has 14 heteroatoms. The molecule has 14 nitrogen and oxygen atoms in total. The lowest BCUT2D eigenvalue weighted by molar-refractivity contribution is -0.149. The van der Waals surface area contributed by atoms with Crippen LogP contribution in [0.2, 0.25) is 0 Å². The summed E-state index contributed by atoms with van der Waals surface area (Å²) < 4.78 is 23.3. The van der Waals surface area contributed by atoms with Crippen molar-refractivity contribution in [1.29, 1.82) is 0 Å². The highest BCUT2D eigenvalue weighted by Crippen LogP contribution is 2.47. The van der Waals surface area contributed by atoms with Crippen molar-refractivity contribution in [3.8, 4) is 23.0 Å². The third-order valence-electron chi connectivity index (χ3n) is 8.72. The van der Waals surface area contributed by atoms with E-state index in [0.717, 1.165) is 0 Å².